The molecule has 3 amide bonds. The Balaban J connectivity index is 2.75. The predicted octanol–water partition coefficient (Wildman–Crippen LogP) is 0.838. The molecule has 1 aromatic rings. The Morgan fingerprint density at radius 1 is 1.24 bits per heavy atom. The van der Waals surface area contributed by atoms with Crippen LogP contribution in [0.3, 0.4) is 0 Å². The van der Waals surface area contributed by atoms with E-state index < -0.39 is 23.4 Å². The fourth-order valence-electron chi connectivity index (χ4n) is 1.58. The van der Waals surface area contributed by atoms with Crippen LogP contribution in [0.1, 0.15) is 36.2 Å². The largest absolute Gasteiger partial charge is 0.480 e. The third kappa shape index (κ3) is 4.48. The van der Waals surface area contributed by atoms with E-state index in [4.69, 9.17) is 10.8 Å². The van der Waals surface area contributed by atoms with E-state index in [1.807, 2.05) is 0 Å². The monoisotopic (exact) mass is 293 g/mol. The van der Waals surface area contributed by atoms with Crippen molar-refractivity contribution in [1.82, 2.24) is 10.6 Å². The topological polar surface area (TPSA) is 122 Å². The number of hydrogen-bond donors (Lipinski definition) is 4. The first-order valence-corrected chi connectivity index (χ1v) is 6.46. The van der Waals surface area contributed by atoms with Crippen molar-refractivity contribution in [3.8, 4) is 0 Å². The van der Waals surface area contributed by atoms with Crippen LogP contribution in [-0.4, -0.2) is 28.6 Å². The number of primary amides is 1. The highest BCUT2D eigenvalue weighted by molar-refractivity contribution is 5.97. The molecule has 1 atom stereocenters. The van der Waals surface area contributed by atoms with E-state index in [0.29, 0.717) is 5.56 Å². The van der Waals surface area contributed by atoms with Crippen molar-refractivity contribution < 1.29 is 19.5 Å². The molecule has 114 valence electrons. The van der Waals surface area contributed by atoms with Crippen molar-refractivity contribution in [3.05, 3.63) is 35.4 Å². The molecule has 0 saturated heterocycles. The molecule has 1 unspecified atom stereocenters. The average Bonchev–Trinajstić information content (AvgIpc) is 2.45. The Labute approximate surface area is 122 Å². The number of carboxylic acids is 1. The molecule has 21 heavy (non-hydrogen) atoms. The second-order valence-electron chi connectivity index (χ2n) is 4.86. The third-order valence-electron chi connectivity index (χ3n) is 3.25. The van der Waals surface area contributed by atoms with Gasteiger partial charge in [0.25, 0.3) is 5.91 Å². The SMILES string of the molecule is CCC(C)(NC(=O)c1ccc(CNC(N)=O)cc1)C(=O)O. The lowest BCUT2D eigenvalue weighted by Gasteiger charge is -2.24. The molecule has 7 nitrogen and oxygen atoms in total. The molecule has 0 aromatic heterocycles. The van der Waals surface area contributed by atoms with Gasteiger partial charge in [0, 0.05) is 12.1 Å². The summed E-state index contributed by atoms with van der Waals surface area (Å²) in [6.45, 7) is 3.41. The number of amides is 3. The van der Waals surface area contributed by atoms with Gasteiger partial charge in [-0.05, 0) is 31.0 Å². The van der Waals surface area contributed by atoms with Gasteiger partial charge in [-0.2, -0.15) is 0 Å². The van der Waals surface area contributed by atoms with E-state index in [0.717, 1.165) is 5.56 Å². The van der Waals surface area contributed by atoms with Gasteiger partial charge in [-0.15, -0.1) is 0 Å². The standard InChI is InChI=1S/C14H19N3O4/c1-3-14(2,12(19)20)17-11(18)10-6-4-9(5-7-10)8-16-13(15)21/h4-7H,3,8H2,1-2H3,(H,17,18)(H,19,20)(H3,15,16,21). The predicted molar refractivity (Wildman–Crippen MR) is 76.7 cm³/mol. The molecule has 0 spiro atoms. The first-order valence-electron chi connectivity index (χ1n) is 6.46. The second-order valence-corrected chi connectivity index (χ2v) is 4.86. The average molecular weight is 293 g/mol. The zero-order chi connectivity index (χ0) is 16.0. The van der Waals surface area contributed by atoms with Crippen molar-refractivity contribution in [3.63, 3.8) is 0 Å². The van der Waals surface area contributed by atoms with Crippen molar-refractivity contribution in [2.45, 2.75) is 32.4 Å². The number of aliphatic carboxylic acids is 1. The summed E-state index contributed by atoms with van der Waals surface area (Å²) >= 11 is 0. The Hall–Kier alpha value is -2.57. The summed E-state index contributed by atoms with van der Waals surface area (Å²) in [6.07, 6.45) is 0.273. The third-order valence-corrected chi connectivity index (χ3v) is 3.25. The number of hydrogen-bond acceptors (Lipinski definition) is 3. The van der Waals surface area contributed by atoms with Crippen LogP contribution < -0.4 is 16.4 Å². The summed E-state index contributed by atoms with van der Waals surface area (Å²) in [6, 6.07) is 5.82. The Kier molecular flexibility index (Phi) is 5.29. The van der Waals surface area contributed by atoms with Crippen LogP contribution in [0.15, 0.2) is 24.3 Å². The Bertz CT molecular complexity index is 542. The molecule has 1 rings (SSSR count). The molecule has 0 aliphatic heterocycles. The van der Waals surface area contributed by atoms with Crippen molar-refractivity contribution in [2.75, 3.05) is 0 Å². The number of carbonyl (C=O) groups excluding carboxylic acids is 2. The smallest absolute Gasteiger partial charge is 0.329 e. The molecule has 0 heterocycles. The molecule has 0 fully saturated rings. The number of nitrogens with two attached hydrogens (primary N) is 1. The summed E-state index contributed by atoms with van der Waals surface area (Å²) in [4.78, 5) is 33.8. The molecular formula is C14H19N3O4. The Morgan fingerprint density at radius 2 is 1.81 bits per heavy atom. The maximum absolute atomic E-state index is 12.0. The molecule has 0 aliphatic rings. The van der Waals surface area contributed by atoms with Gasteiger partial charge in [-0.25, -0.2) is 9.59 Å². The van der Waals surface area contributed by atoms with E-state index in [9.17, 15) is 14.4 Å². The van der Waals surface area contributed by atoms with Gasteiger partial charge in [0.1, 0.15) is 5.54 Å². The first-order chi connectivity index (χ1) is 9.78. The molecule has 7 heteroatoms. The highest BCUT2D eigenvalue weighted by Crippen LogP contribution is 2.12. The fraction of sp³-hybridized carbons (Fsp3) is 0.357. The number of benzene rings is 1. The van der Waals surface area contributed by atoms with Crippen LogP contribution in [0.2, 0.25) is 0 Å². The first kappa shape index (κ1) is 16.5. The molecule has 0 aliphatic carbocycles. The quantitative estimate of drug-likeness (QED) is 0.620. The normalized spacial score (nSPS) is 13.0. The van der Waals surface area contributed by atoms with E-state index in [1.54, 1.807) is 31.2 Å². The lowest BCUT2D eigenvalue weighted by atomic mass is 9.98. The lowest BCUT2D eigenvalue weighted by molar-refractivity contribution is -0.143. The van der Waals surface area contributed by atoms with E-state index >= 15 is 0 Å². The van der Waals surface area contributed by atoms with Gasteiger partial charge in [0.05, 0.1) is 0 Å². The molecule has 1 aromatic carbocycles. The highest BCUT2D eigenvalue weighted by atomic mass is 16.4. The highest BCUT2D eigenvalue weighted by Gasteiger charge is 2.32. The minimum atomic E-state index is -1.30. The minimum absolute atomic E-state index is 0.263. The van der Waals surface area contributed by atoms with Gasteiger partial charge in [-0.1, -0.05) is 19.1 Å². The van der Waals surface area contributed by atoms with E-state index in [-0.39, 0.29) is 13.0 Å². The van der Waals surface area contributed by atoms with E-state index in [2.05, 4.69) is 10.6 Å². The summed E-state index contributed by atoms with van der Waals surface area (Å²) in [7, 11) is 0. The van der Waals surface area contributed by atoms with Crippen LogP contribution in [0.4, 0.5) is 4.79 Å². The van der Waals surface area contributed by atoms with Gasteiger partial charge < -0.3 is 21.5 Å². The van der Waals surface area contributed by atoms with Crippen LogP contribution >= 0.6 is 0 Å². The Morgan fingerprint density at radius 3 is 2.24 bits per heavy atom. The molecule has 5 N–H and O–H groups in total. The maximum atomic E-state index is 12.0. The van der Waals surface area contributed by atoms with Crippen LogP contribution in [0.5, 0.6) is 0 Å². The van der Waals surface area contributed by atoms with Gasteiger partial charge in [0.2, 0.25) is 0 Å². The summed E-state index contributed by atoms with van der Waals surface area (Å²) in [5.41, 5.74) is 4.78. The number of carbonyl (C=O) groups is 3. The van der Waals surface area contributed by atoms with Crippen LogP contribution in [-0.2, 0) is 11.3 Å². The van der Waals surface area contributed by atoms with Crippen LogP contribution in [0.25, 0.3) is 0 Å². The van der Waals surface area contributed by atoms with Gasteiger partial charge in [0.15, 0.2) is 0 Å². The van der Waals surface area contributed by atoms with Crippen LogP contribution in [0, 0.1) is 0 Å². The van der Waals surface area contributed by atoms with Crippen molar-refractivity contribution in [2.24, 2.45) is 5.73 Å². The lowest BCUT2D eigenvalue weighted by Crippen LogP contribution is -2.51. The zero-order valence-corrected chi connectivity index (χ0v) is 12.0. The number of nitrogens with one attached hydrogen (secondary N) is 2. The zero-order valence-electron chi connectivity index (χ0n) is 12.0. The van der Waals surface area contributed by atoms with E-state index in [1.165, 1.54) is 6.92 Å². The minimum Gasteiger partial charge on any atom is -0.480 e. The summed E-state index contributed by atoms with van der Waals surface area (Å²) < 4.78 is 0. The fourth-order valence-corrected chi connectivity index (χ4v) is 1.58. The molecular weight excluding hydrogens is 274 g/mol. The molecule has 0 saturated carbocycles. The van der Waals surface area contributed by atoms with Crippen molar-refractivity contribution >= 4 is 17.9 Å². The molecule has 0 bridgehead atoms. The van der Waals surface area contributed by atoms with Gasteiger partial charge >= 0.3 is 12.0 Å². The number of carboxylic acid groups (broad SMARTS) is 1. The summed E-state index contributed by atoms with van der Waals surface area (Å²) in [5, 5.41) is 14.1. The molecule has 0 radical (unpaired) electrons. The number of rotatable bonds is 6. The van der Waals surface area contributed by atoms with Gasteiger partial charge in [-0.3, -0.25) is 4.79 Å². The second kappa shape index (κ2) is 6.74. The van der Waals surface area contributed by atoms with Crippen molar-refractivity contribution in [1.29, 1.82) is 0 Å². The maximum Gasteiger partial charge on any atom is 0.329 e. The summed E-state index contributed by atoms with van der Waals surface area (Å²) in [5.74, 6) is -1.54. The number of urea groups is 1.